The van der Waals surface area contributed by atoms with E-state index >= 15 is 0 Å². The number of fused-ring (bicyclic) bond motifs is 3. The van der Waals surface area contributed by atoms with Crippen LogP contribution in [0.5, 0.6) is 17.2 Å². The Balaban J connectivity index is 1.31. The highest BCUT2D eigenvalue weighted by Crippen LogP contribution is 2.56. The summed E-state index contributed by atoms with van der Waals surface area (Å²) in [6.07, 6.45) is 0. The number of benzene rings is 6. The molecule has 0 atom stereocenters. The summed E-state index contributed by atoms with van der Waals surface area (Å²) >= 11 is 0. The highest BCUT2D eigenvalue weighted by atomic mass is 16.5. The topological polar surface area (TPSA) is 66.0 Å². The number of ether oxygens (including phenoxy) is 2. The Labute approximate surface area is 301 Å². The van der Waals surface area contributed by atoms with Crippen LogP contribution in [-0.2, 0) is 16.4 Å². The first kappa shape index (κ1) is 33.4. The van der Waals surface area contributed by atoms with E-state index < -0.39 is 11.0 Å². The Morgan fingerprint density at radius 2 is 1.04 bits per heavy atom. The van der Waals surface area contributed by atoms with Gasteiger partial charge in [-0.2, -0.15) is 10.5 Å². The number of rotatable bonds is 7. The molecule has 6 aromatic carbocycles. The molecule has 0 aliphatic heterocycles. The van der Waals surface area contributed by atoms with Gasteiger partial charge in [0.2, 0.25) is 0 Å². The SMILES string of the molecule is Cc1cccc(C(C)(C)Oc2ccc(C3(c4ccc(Oc5cccc(C(C)(C)C)c5C#N)cc4)c4ccccc4-c4ccccc43)cc2)c1C#N. The summed E-state index contributed by atoms with van der Waals surface area (Å²) in [4.78, 5) is 0. The average Bonchev–Trinajstić information content (AvgIpc) is 3.42. The van der Waals surface area contributed by atoms with E-state index in [0.29, 0.717) is 22.6 Å². The molecule has 0 heterocycles. The van der Waals surface area contributed by atoms with Crippen LogP contribution in [0.1, 0.15) is 84.7 Å². The van der Waals surface area contributed by atoms with Crippen LogP contribution >= 0.6 is 0 Å². The zero-order chi connectivity index (χ0) is 36.0. The van der Waals surface area contributed by atoms with Gasteiger partial charge in [0.15, 0.2) is 0 Å². The molecule has 0 saturated carbocycles. The van der Waals surface area contributed by atoms with Crippen molar-refractivity contribution in [2.75, 3.05) is 0 Å². The lowest BCUT2D eigenvalue weighted by atomic mass is 9.67. The molecule has 51 heavy (non-hydrogen) atoms. The van der Waals surface area contributed by atoms with Gasteiger partial charge in [-0.1, -0.05) is 124 Å². The Kier molecular flexibility index (Phi) is 8.29. The first-order chi connectivity index (χ1) is 24.5. The number of aryl methyl sites for hydroxylation is 1. The molecule has 0 unspecified atom stereocenters. The maximum absolute atomic E-state index is 10.1. The molecular formula is C47H40N2O2. The number of nitrogens with zero attached hydrogens (tertiary/aromatic N) is 2. The molecule has 0 aromatic heterocycles. The van der Waals surface area contributed by atoms with Crippen LogP contribution in [0.25, 0.3) is 11.1 Å². The molecule has 1 aliphatic carbocycles. The van der Waals surface area contributed by atoms with Crippen LogP contribution < -0.4 is 9.47 Å². The van der Waals surface area contributed by atoms with Crippen molar-refractivity contribution in [3.05, 3.63) is 184 Å². The highest BCUT2D eigenvalue weighted by Gasteiger charge is 2.46. The lowest BCUT2D eigenvalue weighted by Gasteiger charge is -2.34. The first-order valence-corrected chi connectivity index (χ1v) is 17.3. The van der Waals surface area contributed by atoms with Crippen LogP contribution in [0.2, 0.25) is 0 Å². The molecule has 0 saturated heterocycles. The molecule has 0 fully saturated rings. The van der Waals surface area contributed by atoms with Crippen molar-refractivity contribution in [2.45, 2.75) is 58.0 Å². The third kappa shape index (κ3) is 5.64. The number of hydrogen-bond donors (Lipinski definition) is 0. The number of hydrogen-bond acceptors (Lipinski definition) is 4. The van der Waals surface area contributed by atoms with E-state index in [2.05, 4.69) is 106 Å². The van der Waals surface area contributed by atoms with Gasteiger partial charge >= 0.3 is 0 Å². The molecule has 0 bridgehead atoms. The van der Waals surface area contributed by atoms with E-state index in [1.165, 1.54) is 22.3 Å². The molecule has 1 aliphatic rings. The van der Waals surface area contributed by atoms with Crippen molar-refractivity contribution in [1.82, 2.24) is 0 Å². The fraction of sp³-hybridized carbons (Fsp3) is 0.191. The molecule has 4 heteroatoms. The second-order valence-electron chi connectivity index (χ2n) is 14.8. The summed E-state index contributed by atoms with van der Waals surface area (Å²) < 4.78 is 13.0. The molecule has 0 N–H and O–H groups in total. The quantitative estimate of drug-likeness (QED) is 0.170. The Hall–Kier alpha value is -6.10. The number of nitriles is 2. The summed E-state index contributed by atoms with van der Waals surface area (Å²) in [5, 5.41) is 20.0. The van der Waals surface area contributed by atoms with Gasteiger partial charge < -0.3 is 9.47 Å². The van der Waals surface area contributed by atoms with Crippen LogP contribution in [0.4, 0.5) is 0 Å². The normalized spacial score (nSPS) is 13.0. The van der Waals surface area contributed by atoms with Crippen molar-refractivity contribution in [3.8, 4) is 40.5 Å². The van der Waals surface area contributed by atoms with Gasteiger partial charge in [0.1, 0.15) is 28.9 Å². The molecule has 250 valence electrons. The molecule has 0 spiro atoms. The standard InChI is InChI=1S/C47H40N2O2/c1-31-13-11-19-41(38(31)29-48)46(5,6)51-35-27-23-33(24-28-35)47(42-16-9-7-14-36(42)37-15-8-10-17-43(37)47)32-21-25-34(26-22-32)50-44-20-12-18-40(39(44)30-49)45(2,3)4/h7-28H,1-6H3. The second-order valence-corrected chi connectivity index (χ2v) is 14.8. The van der Waals surface area contributed by atoms with Gasteiger partial charge in [-0.3, -0.25) is 0 Å². The zero-order valence-electron chi connectivity index (χ0n) is 29.9. The van der Waals surface area contributed by atoms with Crippen LogP contribution in [0, 0.1) is 29.6 Å². The van der Waals surface area contributed by atoms with Crippen molar-refractivity contribution >= 4 is 0 Å². The summed E-state index contributed by atoms with van der Waals surface area (Å²) in [6, 6.07) is 50.4. The summed E-state index contributed by atoms with van der Waals surface area (Å²) in [7, 11) is 0. The minimum atomic E-state index is -0.726. The largest absolute Gasteiger partial charge is 0.483 e. The molecule has 6 aromatic rings. The van der Waals surface area contributed by atoms with E-state index in [1.54, 1.807) is 0 Å². The summed E-state index contributed by atoms with van der Waals surface area (Å²) in [5.41, 5.74) is 9.46. The van der Waals surface area contributed by atoms with E-state index in [9.17, 15) is 10.5 Å². The smallest absolute Gasteiger partial charge is 0.145 e. The lowest BCUT2D eigenvalue weighted by Crippen LogP contribution is -2.29. The Morgan fingerprint density at radius 3 is 1.59 bits per heavy atom. The average molecular weight is 665 g/mol. The van der Waals surface area contributed by atoms with E-state index in [-0.39, 0.29) is 5.41 Å². The van der Waals surface area contributed by atoms with E-state index in [1.807, 2.05) is 81.4 Å². The summed E-state index contributed by atoms with van der Waals surface area (Å²) in [5.74, 6) is 1.93. The van der Waals surface area contributed by atoms with Gasteiger partial charge in [-0.05, 0) is 101 Å². The molecular weight excluding hydrogens is 625 g/mol. The molecule has 0 amide bonds. The van der Waals surface area contributed by atoms with Crippen molar-refractivity contribution < 1.29 is 9.47 Å². The first-order valence-electron chi connectivity index (χ1n) is 17.3. The molecule has 4 nitrogen and oxygen atoms in total. The van der Waals surface area contributed by atoms with E-state index in [0.717, 1.165) is 33.6 Å². The highest BCUT2D eigenvalue weighted by molar-refractivity contribution is 5.86. The van der Waals surface area contributed by atoms with Crippen LogP contribution in [-0.4, -0.2) is 0 Å². The Morgan fingerprint density at radius 1 is 0.529 bits per heavy atom. The van der Waals surface area contributed by atoms with E-state index in [4.69, 9.17) is 9.47 Å². The third-order valence-corrected chi connectivity index (χ3v) is 10.1. The second kappa shape index (κ2) is 12.7. The van der Waals surface area contributed by atoms with Crippen molar-refractivity contribution in [2.24, 2.45) is 0 Å². The molecule has 0 radical (unpaired) electrons. The van der Waals surface area contributed by atoms with Gasteiger partial charge in [0, 0.05) is 5.56 Å². The fourth-order valence-corrected chi connectivity index (χ4v) is 7.72. The minimum absolute atomic E-state index is 0.194. The fourth-order valence-electron chi connectivity index (χ4n) is 7.72. The molecule has 7 rings (SSSR count). The Bertz CT molecular complexity index is 2300. The summed E-state index contributed by atoms with van der Waals surface area (Å²) in [6.45, 7) is 12.3. The van der Waals surface area contributed by atoms with Crippen molar-refractivity contribution in [1.29, 1.82) is 10.5 Å². The predicted octanol–water partition coefficient (Wildman–Crippen LogP) is 11.5. The monoisotopic (exact) mass is 664 g/mol. The van der Waals surface area contributed by atoms with Gasteiger partial charge in [0.05, 0.1) is 22.6 Å². The maximum atomic E-state index is 10.1. The minimum Gasteiger partial charge on any atom is -0.483 e. The van der Waals surface area contributed by atoms with Crippen molar-refractivity contribution in [3.63, 3.8) is 0 Å². The third-order valence-electron chi connectivity index (χ3n) is 10.1. The lowest BCUT2D eigenvalue weighted by molar-refractivity contribution is 0.108. The van der Waals surface area contributed by atoms with Gasteiger partial charge in [-0.15, -0.1) is 0 Å². The zero-order valence-corrected chi connectivity index (χ0v) is 29.9. The van der Waals surface area contributed by atoms with Gasteiger partial charge in [0.25, 0.3) is 0 Å². The maximum Gasteiger partial charge on any atom is 0.145 e. The van der Waals surface area contributed by atoms with Crippen LogP contribution in [0.3, 0.4) is 0 Å². The van der Waals surface area contributed by atoms with Gasteiger partial charge in [-0.25, -0.2) is 0 Å². The predicted molar refractivity (Wildman–Crippen MR) is 203 cm³/mol. The van der Waals surface area contributed by atoms with Crippen LogP contribution in [0.15, 0.2) is 133 Å².